The molecular weight excluding hydrogens is 248 g/mol. The zero-order valence-corrected chi connectivity index (χ0v) is 11.3. The van der Waals surface area contributed by atoms with E-state index >= 15 is 0 Å². The lowest BCUT2D eigenvalue weighted by molar-refractivity contribution is -0.151. The van der Waals surface area contributed by atoms with E-state index in [1.165, 1.54) is 6.42 Å². The number of amides is 1. The number of hydrogen-bond donors (Lipinski definition) is 2. The fourth-order valence-corrected chi connectivity index (χ4v) is 2.89. The minimum absolute atomic E-state index is 0.174. The Hall–Kier alpha value is -1.14. The predicted octanol–water partition coefficient (Wildman–Crippen LogP) is 0.219. The molecule has 2 rings (SSSR count). The van der Waals surface area contributed by atoms with Crippen molar-refractivity contribution in [2.45, 2.75) is 50.9 Å². The second-order valence-electron chi connectivity index (χ2n) is 5.20. The largest absolute Gasteiger partial charge is 0.479 e. The summed E-state index contributed by atoms with van der Waals surface area (Å²) in [6.45, 7) is 4.85. The fourth-order valence-electron chi connectivity index (χ4n) is 2.89. The summed E-state index contributed by atoms with van der Waals surface area (Å²) in [7, 11) is 0. The number of nitrogens with zero attached hydrogens (tertiary/aromatic N) is 1. The molecule has 0 bridgehead atoms. The summed E-state index contributed by atoms with van der Waals surface area (Å²) < 4.78 is 5.23. The number of aliphatic carboxylic acids is 1. The van der Waals surface area contributed by atoms with Gasteiger partial charge in [-0.25, -0.2) is 4.79 Å². The maximum absolute atomic E-state index is 11.9. The third-order valence-electron chi connectivity index (χ3n) is 4.00. The number of likely N-dealkylation sites (tertiary alicyclic amines) is 1. The van der Waals surface area contributed by atoms with Gasteiger partial charge in [0.1, 0.15) is 6.10 Å². The molecule has 2 aliphatic heterocycles. The van der Waals surface area contributed by atoms with Crippen LogP contribution in [0.15, 0.2) is 0 Å². The van der Waals surface area contributed by atoms with Crippen LogP contribution in [0.1, 0.15) is 32.6 Å². The Morgan fingerprint density at radius 1 is 1.32 bits per heavy atom. The van der Waals surface area contributed by atoms with Crippen LogP contribution in [0.4, 0.5) is 0 Å². The Labute approximate surface area is 113 Å². The van der Waals surface area contributed by atoms with Crippen LogP contribution in [0.3, 0.4) is 0 Å². The first-order valence-electron chi connectivity index (χ1n) is 7.01. The van der Waals surface area contributed by atoms with Crippen LogP contribution in [0.5, 0.6) is 0 Å². The van der Waals surface area contributed by atoms with Crippen molar-refractivity contribution < 1.29 is 19.4 Å². The minimum atomic E-state index is -0.983. The first kappa shape index (κ1) is 14.3. The summed E-state index contributed by atoms with van der Waals surface area (Å²) in [5, 5.41) is 11.7. The Morgan fingerprint density at radius 3 is 2.68 bits per heavy atom. The second-order valence-corrected chi connectivity index (χ2v) is 5.20. The van der Waals surface area contributed by atoms with Crippen molar-refractivity contribution in [2.24, 2.45) is 0 Å². The van der Waals surface area contributed by atoms with Gasteiger partial charge in [0.15, 0.2) is 6.10 Å². The smallest absolute Gasteiger partial charge is 0.332 e. The van der Waals surface area contributed by atoms with E-state index in [2.05, 4.69) is 17.1 Å². The van der Waals surface area contributed by atoms with Crippen molar-refractivity contribution >= 4 is 11.9 Å². The molecule has 0 aromatic heterocycles. The summed E-state index contributed by atoms with van der Waals surface area (Å²) in [6.07, 6.45) is 1.77. The molecule has 2 aliphatic rings. The molecule has 2 saturated heterocycles. The van der Waals surface area contributed by atoms with Gasteiger partial charge in [-0.05, 0) is 38.8 Å². The number of ether oxygens (including phenoxy) is 1. The standard InChI is InChI=1S/C13H22N2O4/c1-2-15-7-3-4-9(15)8-14-12(16)10-5-6-11(19-10)13(17)18/h9-11H,2-8H2,1H3,(H,14,16)(H,17,18). The van der Waals surface area contributed by atoms with Crippen molar-refractivity contribution in [1.82, 2.24) is 10.2 Å². The molecule has 3 unspecified atom stereocenters. The van der Waals surface area contributed by atoms with Crippen molar-refractivity contribution in [3.05, 3.63) is 0 Å². The molecule has 2 fully saturated rings. The number of rotatable bonds is 5. The van der Waals surface area contributed by atoms with Crippen LogP contribution in [0.25, 0.3) is 0 Å². The first-order chi connectivity index (χ1) is 9.11. The number of carboxylic acid groups (broad SMARTS) is 1. The molecule has 0 aromatic rings. The molecule has 108 valence electrons. The molecule has 0 aliphatic carbocycles. The number of nitrogens with one attached hydrogen (secondary N) is 1. The summed E-state index contributed by atoms with van der Waals surface area (Å²) >= 11 is 0. The van der Waals surface area contributed by atoms with Crippen LogP contribution >= 0.6 is 0 Å². The zero-order valence-electron chi connectivity index (χ0n) is 11.3. The molecule has 19 heavy (non-hydrogen) atoms. The molecule has 0 saturated carbocycles. The molecule has 0 spiro atoms. The average Bonchev–Trinajstić information content (AvgIpc) is 3.04. The van der Waals surface area contributed by atoms with Crippen molar-refractivity contribution in [3.8, 4) is 0 Å². The Bertz CT molecular complexity index is 348. The Kier molecular flexibility index (Phi) is 4.76. The van der Waals surface area contributed by atoms with E-state index in [0.717, 1.165) is 19.5 Å². The van der Waals surface area contributed by atoms with Gasteiger partial charge in [0.05, 0.1) is 0 Å². The van der Waals surface area contributed by atoms with Crippen LogP contribution in [-0.2, 0) is 14.3 Å². The monoisotopic (exact) mass is 270 g/mol. The normalized spacial score (nSPS) is 31.5. The summed E-state index contributed by atoms with van der Waals surface area (Å²) in [4.78, 5) is 25.0. The number of carboxylic acids is 1. The van der Waals surface area contributed by atoms with Crippen molar-refractivity contribution in [2.75, 3.05) is 19.6 Å². The second kappa shape index (κ2) is 6.34. The molecular formula is C13H22N2O4. The van der Waals surface area contributed by atoms with Gasteiger partial charge in [-0.1, -0.05) is 6.92 Å². The van der Waals surface area contributed by atoms with Crippen molar-refractivity contribution in [3.63, 3.8) is 0 Å². The van der Waals surface area contributed by atoms with Crippen LogP contribution in [0, 0.1) is 0 Å². The number of carbonyl (C=O) groups excluding carboxylic acids is 1. The third kappa shape index (κ3) is 3.45. The van der Waals surface area contributed by atoms with Gasteiger partial charge in [-0.15, -0.1) is 0 Å². The van der Waals surface area contributed by atoms with E-state index in [1.54, 1.807) is 0 Å². The van der Waals surface area contributed by atoms with E-state index in [0.29, 0.717) is 25.4 Å². The molecule has 2 N–H and O–H groups in total. The van der Waals surface area contributed by atoms with Gasteiger partial charge < -0.3 is 15.2 Å². The zero-order chi connectivity index (χ0) is 13.8. The van der Waals surface area contributed by atoms with Crippen LogP contribution < -0.4 is 5.32 Å². The lowest BCUT2D eigenvalue weighted by atomic mass is 10.1. The van der Waals surface area contributed by atoms with Gasteiger partial charge in [0.2, 0.25) is 5.91 Å². The van der Waals surface area contributed by atoms with Gasteiger partial charge in [-0.3, -0.25) is 9.69 Å². The highest BCUT2D eigenvalue weighted by Crippen LogP contribution is 2.20. The lowest BCUT2D eigenvalue weighted by Gasteiger charge is -2.23. The Balaban J connectivity index is 1.74. The van der Waals surface area contributed by atoms with Gasteiger partial charge in [0.25, 0.3) is 0 Å². The SMILES string of the molecule is CCN1CCCC1CNC(=O)C1CCC(C(=O)O)O1. The summed E-state index contributed by atoms with van der Waals surface area (Å²) in [6, 6.07) is 0.408. The lowest BCUT2D eigenvalue weighted by Crippen LogP contribution is -2.43. The molecule has 3 atom stereocenters. The van der Waals surface area contributed by atoms with E-state index in [-0.39, 0.29) is 5.91 Å². The predicted molar refractivity (Wildman–Crippen MR) is 68.8 cm³/mol. The maximum atomic E-state index is 11.9. The van der Waals surface area contributed by atoms with E-state index in [1.807, 2.05) is 0 Å². The number of likely N-dealkylation sites (N-methyl/N-ethyl adjacent to an activating group) is 1. The highest BCUT2D eigenvalue weighted by atomic mass is 16.5. The van der Waals surface area contributed by atoms with E-state index in [4.69, 9.17) is 9.84 Å². The number of hydrogen-bond acceptors (Lipinski definition) is 4. The van der Waals surface area contributed by atoms with E-state index < -0.39 is 18.2 Å². The van der Waals surface area contributed by atoms with Crippen LogP contribution in [0.2, 0.25) is 0 Å². The van der Waals surface area contributed by atoms with Gasteiger partial charge in [0, 0.05) is 12.6 Å². The maximum Gasteiger partial charge on any atom is 0.332 e. The molecule has 0 radical (unpaired) electrons. The molecule has 6 heteroatoms. The van der Waals surface area contributed by atoms with Gasteiger partial charge in [-0.2, -0.15) is 0 Å². The summed E-state index contributed by atoms with van der Waals surface area (Å²) in [5.41, 5.74) is 0. The molecule has 2 heterocycles. The van der Waals surface area contributed by atoms with E-state index in [9.17, 15) is 9.59 Å². The summed E-state index contributed by atoms with van der Waals surface area (Å²) in [5.74, 6) is -1.16. The highest BCUT2D eigenvalue weighted by molar-refractivity contribution is 5.82. The molecule has 1 amide bonds. The topological polar surface area (TPSA) is 78.9 Å². The van der Waals surface area contributed by atoms with Crippen LogP contribution in [-0.4, -0.2) is 59.8 Å². The molecule has 6 nitrogen and oxygen atoms in total. The molecule has 0 aromatic carbocycles. The average molecular weight is 270 g/mol. The third-order valence-corrected chi connectivity index (χ3v) is 4.00. The van der Waals surface area contributed by atoms with Gasteiger partial charge >= 0.3 is 5.97 Å². The van der Waals surface area contributed by atoms with Crippen molar-refractivity contribution in [1.29, 1.82) is 0 Å². The Morgan fingerprint density at radius 2 is 2.05 bits per heavy atom. The first-order valence-corrected chi connectivity index (χ1v) is 7.01. The fraction of sp³-hybridized carbons (Fsp3) is 0.846. The quantitative estimate of drug-likeness (QED) is 0.747. The highest BCUT2D eigenvalue weighted by Gasteiger charge is 2.35. The minimum Gasteiger partial charge on any atom is -0.479 e. The number of carbonyl (C=O) groups is 2.